The molecule has 1 aliphatic rings. The van der Waals surface area contributed by atoms with Gasteiger partial charge >= 0.3 is 23.9 Å². The number of aryl methyl sites for hydroxylation is 1. The van der Waals surface area contributed by atoms with Gasteiger partial charge in [0, 0.05) is 36.1 Å². The molecule has 1 saturated carbocycles. The maximum atomic E-state index is 14.3. The zero-order chi connectivity index (χ0) is 45.1. The summed E-state index contributed by atoms with van der Waals surface area (Å²) >= 11 is 0. The largest absolute Gasteiger partial charge is 0.477 e. The Kier molecular flexibility index (Phi) is 13.1. The fourth-order valence-corrected chi connectivity index (χ4v) is 7.25. The molecule has 0 saturated heterocycles. The van der Waals surface area contributed by atoms with Crippen molar-refractivity contribution < 1.29 is 46.6 Å². The van der Waals surface area contributed by atoms with Crippen LogP contribution in [-0.4, -0.2) is 78.2 Å². The number of carboxylic acid groups (broad SMARTS) is 1. The lowest BCUT2D eigenvalue weighted by Gasteiger charge is -2.29. The van der Waals surface area contributed by atoms with E-state index in [0.717, 1.165) is 39.1 Å². The lowest BCUT2D eigenvalue weighted by molar-refractivity contribution is -0.231. The van der Waals surface area contributed by atoms with E-state index in [4.69, 9.17) is 14.8 Å². The number of aromatic amines is 2. The first kappa shape index (κ1) is 45.2. The van der Waals surface area contributed by atoms with Crippen molar-refractivity contribution in [3.05, 3.63) is 83.4 Å². The number of halogens is 4. The van der Waals surface area contributed by atoms with E-state index in [2.05, 4.69) is 51.0 Å². The molecular formula is C44H50F4N8O6. The van der Waals surface area contributed by atoms with Gasteiger partial charge in [-0.05, 0) is 118 Å². The molecule has 6 N–H and O–H groups in total. The first-order valence-electron chi connectivity index (χ1n) is 20.3. The van der Waals surface area contributed by atoms with E-state index in [1.807, 2.05) is 42.2 Å². The molecule has 1 aliphatic carbocycles. The lowest BCUT2D eigenvalue weighted by atomic mass is 9.81. The van der Waals surface area contributed by atoms with E-state index in [1.54, 1.807) is 20.8 Å². The fourth-order valence-electron chi connectivity index (χ4n) is 7.25. The molecular weight excluding hydrogens is 813 g/mol. The van der Waals surface area contributed by atoms with Crippen LogP contribution in [0.5, 0.6) is 0 Å². The predicted octanol–water partition coefficient (Wildman–Crippen LogP) is 8.26. The van der Waals surface area contributed by atoms with Crippen LogP contribution < -0.4 is 16.0 Å². The van der Waals surface area contributed by atoms with Gasteiger partial charge in [0.15, 0.2) is 5.82 Å². The zero-order valence-electron chi connectivity index (χ0n) is 35.2. The van der Waals surface area contributed by atoms with Crippen molar-refractivity contribution in [3.8, 4) is 22.5 Å². The minimum absolute atomic E-state index is 0.125. The van der Waals surface area contributed by atoms with Gasteiger partial charge in [-0.15, -0.1) is 10.2 Å². The molecule has 18 heteroatoms. The number of carbonyl (C=O) groups excluding carboxylic acids is 3. The molecule has 330 valence electrons. The van der Waals surface area contributed by atoms with Gasteiger partial charge in [0.2, 0.25) is 17.6 Å². The number of H-pyrrole nitrogens is 2. The number of carboxylic acids is 1. The van der Waals surface area contributed by atoms with Gasteiger partial charge in [-0.3, -0.25) is 9.59 Å². The Labute approximate surface area is 355 Å². The van der Waals surface area contributed by atoms with E-state index in [9.17, 15) is 36.7 Å². The Morgan fingerprint density at radius 1 is 0.887 bits per heavy atom. The molecule has 14 nitrogen and oxygen atoms in total. The van der Waals surface area contributed by atoms with E-state index in [0.29, 0.717) is 32.2 Å². The quantitative estimate of drug-likeness (QED) is 0.0594. The van der Waals surface area contributed by atoms with Gasteiger partial charge < -0.3 is 35.8 Å². The van der Waals surface area contributed by atoms with E-state index in [-0.39, 0.29) is 47.2 Å². The average Bonchev–Trinajstić information content (AvgIpc) is 3.88. The Hall–Kier alpha value is -6.33. The number of hydrogen-bond donors (Lipinski definition) is 6. The molecule has 6 rings (SSSR count). The number of imidazole rings is 1. The van der Waals surface area contributed by atoms with Crippen molar-refractivity contribution in [1.29, 1.82) is 0 Å². The summed E-state index contributed by atoms with van der Waals surface area (Å²) in [4.78, 5) is 60.7. The average molecular weight is 863 g/mol. The second-order valence-corrected chi connectivity index (χ2v) is 17.1. The molecule has 1 fully saturated rings. The second-order valence-electron chi connectivity index (χ2n) is 17.1. The van der Waals surface area contributed by atoms with Crippen LogP contribution in [0.4, 0.5) is 28.0 Å². The molecule has 2 heterocycles. The number of hydrogen-bond acceptors (Lipinski definition) is 8. The highest BCUT2D eigenvalue weighted by Crippen LogP contribution is 2.42. The van der Waals surface area contributed by atoms with Gasteiger partial charge in [-0.1, -0.05) is 38.1 Å². The molecule has 1 atom stereocenters. The third-order valence-electron chi connectivity index (χ3n) is 10.8. The number of anilines is 1. The van der Waals surface area contributed by atoms with Gasteiger partial charge in [0.1, 0.15) is 17.5 Å². The normalized spacial score (nSPS) is 16.5. The first-order chi connectivity index (χ1) is 29.1. The van der Waals surface area contributed by atoms with E-state index >= 15 is 0 Å². The fraction of sp³-hybridized carbons (Fsp3) is 0.432. The molecule has 5 aromatic rings. The Morgan fingerprint density at radius 2 is 1.53 bits per heavy atom. The van der Waals surface area contributed by atoms with E-state index < -0.39 is 47.3 Å². The minimum atomic E-state index is -5.45. The number of aromatic nitrogens is 5. The van der Waals surface area contributed by atoms with Crippen molar-refractivity contribution in [3.63, 3.8) is 0 Å². The maximum absolute atomic E-state index is 14.3. The number of fused-ring (bicyclic) bond motifs is 1. The molecule has 0 bridgehead atoms. The maximum Gasteiger partial charge on any atom is 0.411 e. The van der Waals surface area contributed by atoms with Gasteiger partial charge in [-0.25, -0.2) is 14.6 Å². The molecule has 3 amide bonds. The highest BCUT2D eigenvalue weighted by atomic mass is 19.3. The van der Waals surface area contributed by atoms with Crippen molar-refractivity contribution in [1.82, 2.24) is 35.8 Å². The monoisotopic (exact) mass is 862 g/mol. The number of aliphatic carboxylic acids is 1. The van der Waals surface area contributed by atoms with Crippen LogP contribution in [0.1, 0.15) is 89.0 Å². The summed E-state index contributed by atoms with van der Waals surface area (Å²) in [6.07, 6.45) is 2.12. The van der Waals surface area contributed by atoms with E-state index in [1.165, 1.54) is 24.3 Å². The number of nitrogens with zero attached hydrogens (tertiary/aromatic N) is 3. The second kappa shape index (κ2) is 17.9. The Balaban J connectivity index is 1.16. The van der Waals surface area contributed by atoms with Crippen LogP contribution in [0.3, 0.4) is 0 Å². The van der Waals surface area contributed by atoms with Crippen LogP contribution in [0.25, 0.3) is 33.5 Å². The van der Waals surface area contributed by atoms with Crippen LogP contribution in [0, 0.1) is 18.8 Å². The summed E-state index contributed by atoms with van der Waals surface area (Å²) in [7, 11) is 0. The number of carbonyl (C=O) groups is 4. The van der Waals surface area contributed by atoms with Gasteiger partial charge in [0.05, 0.1) is 11.0 Å². The zero-order valence-corrected chi connectivity index (χ0v) is 35.2. The standard InChI is InChI=1S/C44H50F4N8O6/c1-23(2)35-51-32-19-24(3)31(21-33(32)52-35)27-11-7-25(8-12-27)20-34(53-37(57)29-13-9-26(10-14-29)22-49-41(61)62-42(4,5)6)38(58)50-30-17-15-28(16-18-30)36-54-39(56-55-36)43(45,46)44(47,48)40(59)60/h7-8,11-12,15-19,21,23,26,29,34H,9-10,13-14,20,22H2,1-6H3,(H,49,61)(H,50,58)(H,51,52)(H,53,57)(H,59,60)(H,54,55,56)/t26-,29-,34-/m0/s1. The molecule has 0 radical (unpaired) electrons. The molecule has 0 unspecified atom stereocenters. The van der Waals surface area contributed by atoms with Crippen molar-refractivity contribution in [2.24, 2.45) is 11.8 Å². The summed E-state index contributed by atoms with van der Waals surface area (Å²) < 4.78 is 61.4. The molecule has 2 aromatic heterocycles. The number of nitrogens with one attached hydrogen (secondary N) is 5. The number of ether oxygens (including phenoxy) is 1. The van der Waals surface area contributed by atoms with Gasteiger partial charge in [0.25, 0.3) is 0 Å². The number of benzene rings is 3. The van der Waals surface area contributed by atoms with Gasteiger partial charge in [-0.2, -0.15) is 17.6 Å². The molecule has 0 aliphatic heterocycles. The molecule has 62 heavy (non-hydrogen) atoms. The Morgan fingerprint density at radius 3 is 2.15 bits per heavy atom. The number of alkyl halides is 4. The third-order valence-corrected chi connectivity index (χ3v) is 10.8. The minimum Gasteiger partial charge on any atom is -0.477 e. The summed E-state index contributed by atoms with van der Waals surface area (Å²) in [5.41, 5.74) is 5.34. The topological polar surface area (TPSA) is 204 Å². The van der Waals surface area contributed by atoms with Crippen LogP contribution in [0.15, 0.2) is 60.7 Å². The highest BCUT2D eigenvalue weighted by molar-refractivity contribution is 5.98. The summed E-state index contributed by atoms with van der Waals surface area (Å²) in [5, 5.41) is 23.7. The van der Waals surface area contributed by atoms with Crippen LogP contribution in [-0.2, 0) is 31.5 Å². The van der Waals surface area contributed by atoms with Crippen LogP contribution >= 0.6 is 0 Å². The Bertz CT molecular complexity index is 2420. The number of amides is 3. The van der Waals surface area contributed by atoms with Crippen molar-refractivity contribution >= 4 is 40.6 Å². The summed E-state index contributed by atoms with van der Waals surface area (Å²) in [6.45, 7) is 11.9. The molecule has 3 aromatic carbocycles. The van der Waals surface area contributed by atoms with Crippen molar-refractivity contribution in [2.75, 3.05) is 11.9 Å². The summed E-state index contributed by atoms with van der Waals surface area (Å²) in [5.74, 6) is -15.5. The number of rotatable bonds is 14. The highest BCUT2D eigenvalue weighted by Gasteiger charge is 2.65. The first-order valence-corrected chi connectivity index (χ1v) is 20.3. The third kappa shape index (κ3) is 10.4. The lowest BCUT2D eigenvalue weighted by Crippen LogP contribution is -2.48. The van der Waals surface area contributed by atoms with Crippen LogP contribution in [0.2, 0.25) is 0 Å². The molecule has 0 spiro atoms. The summed E-state index contributed by atoms with van der Waals surface area (Å²) in [6, 6.07) is 16.4. The SMILES string of the molecule is Cc1cc2[nH]c(C(C)C)nc2cc1-c1ccc(C[C@H](NC(=O)[C@H]2CC[C@H](CNC(=O)OC(C)(C)C)CC2)C(=O)Nc2ccc(-c3nnc(C(F)(F)C(F)(F)C(=O)O)[nH]3)cc2)cc1. The van der Waals surface area contributed by atoms with Crippen molar-refractivity contribution in [2.45, 2.75) is 103 Å². The number of alkyl carbamates (subject to hydrolysis) is 1. The smallest absolute Gasteiger partial charge is 0.411 e. The predicted molar refractivity (Wildman–Crippen MR) is 223 cm³/mol.